The summed E-state index contributed by atoms with van der Waals surface area (Å²) in [7, 11) is -1.04. The minimum atomic E-state index is -1.04. The van der Waals surface area contributed by atoms with E-state index in [1.165, 1.54) is 0 Å². The van der Waals surface area contributed by atoms with Crippen molar-refractivity contribution in [1.29, 1.82) is 5.26 Å². The van der Waals surface area contributed by atoms with Crippen LogP contribution in [0.4, 0.5) is 0 Å². The summed E-state index contributed by atoms with van der Waals surface area (Å²) in [6.07, 6.45) is 1.89. The zero-order valence-corrected chi connectivity index (χ0v) is 13.9. The van der Waals surface area contributed by atoms with Crippen LogP contribution >= 0.6 is 8.45 Å². The maximum Gasteiger partial charge on any atom is 0.291 e. The Balaban J connectivity index is 5.30. The van der Waals surface area contributed by atoms with Crippen LogP contribution in [-0.2, 0) is 4.52 Å². The normalized spacial score (nSPS) is 12.6. The van der Waals surface area contributed by atoms with Crippen LogP contribution in [0, 0.1) is 11.5 Å². The molecule has 0 fully saturated rings. The van der Waals surface area contributed by atoms with Crippen molar-refractivity contribution >= 4 is 8.45 Å². The number of hydrogen-bond donors (Lipinski definition) is 0. The van der Waals surface area contributed by atoms with Crippen LogP contribution < -0.4 is 0 Å². The lowest BCUT2D eigenvalue weighted by Crippen LogP contribution is -2.43. The lowest BCUT2D eigenvalue weighted by atomic mass is 10.3. The van der Waals surface area contributed by atoms with Crippen molar-refractivity contribution in [3.8, 4) is 6.26 Å². The Morgan fingerprint density at radius 1 is 0.778 bits per heavy atom. The molecule has 0 unspecified atom stereocenters. The topological polar surface area (TPSA) is 39.5 Å². The number of nitriles is 1. The number of hydrogen-bond acceptors (Lipinski definition) is 4. The summed E-state index contributed by atoms with van der Waals surface area (Å²) in [6.45, 7) is 17.2. The van der Waals surface area contributed by atoms with Gasteiger partial charge in [-0.2, -0.15) is 0 Å². The molecule has 0 N–H and O–H groups in total. The molecule has 106 valence electrons. The van der Waals surface area contributed by atoms with E-state index in [9.17, 15) is 0 Å². The van der Waals surface area contributed by atoms with Crippen molar-refractivity contribution in [2.75, 3.05) is 0 Å². The van der Waals surface area contributed by atoms with E-state index in [0.717, 1.165) is 0 Å². The van der Waals surface area contributed by atoms with Crippen LogP contribution in [0.3, 0.4) is 0 Å². The summed E-state index contributed by atoms with van der Waals surface area (Å²) in [5.74, 6) is 0. The molecule has 0 spiro atoms. The molecule has 0 aromatic rings. The summed E-state index contributed by atoms with van der Waals surface area (Å²) in [5, 5.41) is 8.95. The van der Waals surface area contributed by atoms with Gasteiger partial charge in [0, 0.05) is 24.2 Å². The molecule has 0 radical (unpaired) electrons. The summed E-state index contributed by atoms with van der Waals surface area (Å²) in [5.41, 5.74) is 0. The SMILES string of the molecule is CC(C)N(C(C)C)P(OC#N)N(C(C)C)C(C)C. The highest BCUT2D eigenvalue weighted by Gasteiger charge is 2.35. The zero-order valence-electron chi connectivity index (χ0n) is 13.0. The van der Waals surface area contributed by atoms with Gasteiger partial charge in [-0.1, -0.05) is 0 Å². The van der Waals surface area contributed by atoms with E-state index in [0.29, 0.717) is 24.2 Å². The molecule has 0 aliphatic carbocycles. The van der Waals surface area contributed by atoms with Gasteiger partial charge in [0.1, 0.15) is 0 Å². The minimum Gasteiger partial charge on any atom is -0.373 e. The predicted octanol–water partition coefficient (Wildman–Crippen LogP) is 3.95. The summed E-state index contributed by atoms with van der Waals surface area (Å²) >= 11 is 0. The second kappa shape index (κ2) is 7.94. The maximum atomic E-state index is 8.95. The molecular formula is C13H28N3OP. The van der Waals surface area contributed by atoms with Crippen molar-refractivity contribution in [2.24, 2.45) is 0 Å². The highest BCUT2D eigenvalue weighted by molar-refractivity contribution is 7.47. The third-order valence-corrected chi connectivity index (χ3v) is 5.52. The average molecular weight is 273 g/mol. The van der Waals surface area contributed by atoms with Crippen molar-refractivity contribution < 1.29 is 4.52 Å². The molecule has 0 aromatic heterocycles. The molecule has 4 nitrogen and oxygen atoms in total. The molecule has 0 rings (SSSR count). The lowest BCUT2D eigenvalue weighted by Gasteiger charge is -2.43. The molecule has 0 bridgehead atoms. The standard InChI is InChI=1S/C13H28N3OP/c1-10(2)15(11(3)4)18(17-9-14)16(12(5)6)13(7)8/h10-13H,1-8H3. The molecule has 0 amide bonds. The second-order valence-corrected chi connectivity index (χ2v) is 7.18. The monoisotopic (exact) mass is 273 g/mol. The molecule has 0 saturated carbocycles. The van der Waals surface area contributed by atoms with Crippen LogP contribution in [0.1, 0.15) is 55.4 Å². The van der Waals surface area contributed by atoms with Gasteiger partial charge in [0.05, 0.1) is 0 Å². The number of rotatable bonds is 7. The van der Waals surface area contributed by atoms with Gasteiger partial charge in [-0.05, 0) is 55.4 Å². The highest BCUT2D eigenvalue weighted by Crippen LogP contribution is 2.50. The first-order valence-electron chi connectivity index (χ1n) is 6.66. The fourth-order valence-corrected chi connectivity index (χ4v) is 4.31. The Kier molecular flexibility index (Phi) is 7.78. The fourth-order valence-electron chi connectivity index (χ4n) is 2.23. The Labute approximate surface area is 114 Å². The van der Waals surface area contributed by atoms with E-state index in [4.69, 9.17) is 9.79 Å². The van der Waals surface area contributed by atoms with Crippen LogP contribution in [0.2, 0.25) is 0 Å². The van der Waals surface area contributed by atoms with Gasteiger partial charge in [-0.3, -0.25) is 0 Å². The Hall–Kier alpha value is -0.360. The van der Waals surface area contributed by atoms with Crippen molar-refractivity contribution in [2.45, 2.75) is 79.6 Å². The average Bonchev–Trinajstić information content (AvgIpc) is 2.14. The van der Waals surface area contributed by atoms with Gasteiger partial charge in [0.2, 0.25) is 0 Å². The third kappa shape index (κ3) is 4.72. The summed E-state index contributed by atoms with van der Waals surface area (Å²) in [4.78, 5) is 0. The van der Waals surface area contributed by atoms with Gasteiger partial charge >= 0.3 is 0 Å². The van der Waals surface area contributed by atoms with Gasteiger partial charge in [0.25, 0.3) is 14.7 Å². The van der Waals surface area contributed by atoms with Gasteiger partial charge in [-0.25, -0.2) is 9.34 Å². The van der Waals surface area contributed by atoms with Crippen LogP contribution in [0.15, 0.2) is 0 Å². The highest BCUT2D eigenvalue weighted by atomic mass is 31.2. The van der Waals surface area contributed by atoms with E-state index >= 15 is 0 Å². The molecule has 0 aliphatic heterocycles. The smallest absolute Gasteiger partial charge is 0.291 e. The maximum absolute atomic E-state index is 8.95. The molecular weight excluding hydrogens is 245 g/mol. The third-order valence-electron chi connectivity index (χ3n) is 2.63. The first-order valence-corrected chi connectivity index (χ1v) is 7.83. The molecule has 0 heterocycles. The largest absolute Gasteiger partial charge is 0.373 e. The van der Waals surface area contributed by atoms with Crippen LogP contribution in [0.5, 0.6) is 0 Å². The van der Waals surface area contributed by atoms with Gasteiger partial charge in [0.15, 0.2) is 0 Å². The quantitative estimate of drug-likeness (QED) is 0.520. The molecule has 5 heteroatoms. The first kappa shape index (κ1) is 17.6. The van der Waals surface area contributed by atoms with E-state index in [1.807, 2.05) is 6.26 Å². The summed E-state index contributed by atoms with van der Waals surface area (Å²) < 4.78 is 10.0. The molecule has 18 heavy (non-hydrogen) atoms. The molecule has 0 atom stereocenters. The molecule has 0 aliphatic rings. The summed E-state index contributed by atoms with van der Waals surface area (Å²) in [6, 6.07) is 1.41. The second-order valence-electron chi connectivity index (χ2n) is 5.57. The first-order chi connectivity index (χ1) is 8.23. The molecule has 0 saturated heterocycles. The van der Waals surface area contributed by atoms with E-state index in [1.54, 1.807) is 0 Å². The Morgan fingerprint density at radius 2 is 1.06 bits per heavy atom. The van der Waals surface area contributed by atoms with E-state index in [-0.39, 0.29) is 0 Å². The zero-order chi connectivity index (χ0) is 14.5. The number of nitrogens with zero attached hydrogens (tertiary/aromatic N) is 3. The van der Waals surface area contributed by atoms with E-state index in [2.05, 4.69) is 64.7 Å². The minimum absolute atomic E-state index is 0.351. The van der Waals surface area contributed by atoms with Gasteiger partial charge < -0.3 is 4.52 Å². The predicted molar refractivity (Wildman–Crippen MR) is 77.8 cm³/mol. The van der Waals surface area contributed by atoms with Crippen molar-refractivity contribution in [1.82, 2.24) is 9.34 Å². The van der Waals surface area contributed by atoms with Crippen molar-refractivity contribution in [3.05, 3.63) is 0 Å². The lowest BCUT2D eigenvalue weighted by molar-refractivity contribution is 0.219. The van der Waals surface area contributed by atoms with E-state index < -0.39 is 8.45 Å². The fraction of sp³-hybridized carbons (Fsp3) is 0.923. The van der Waals surface area contributed by atoms with Crippen LogP contribution in [0.25, 0.3) is 0 Å². The van der Waals surface area contributed by atoms with Crippen molar-refractivity contribution in [3.63, 3.8) is 0 Å². The Morgan fingerprint density at radius 3 is 1.22 bits per heavy atom. The van der Waals surface area contributed by atoms with Gasteiger partial charge in [-0.15, -0.1) is 5.26 Å². The van der Waals surface area contributed by atoms with Crippen LogP contribution in [-0.4, -0.2) is 33.5 Å². The Bertz CT molecular complexity index is 238. The molecule has 0 aromatic carbocycles.